The lowest BCUT2D eigenvalue weighted by Crippen LogP contribution is -2.07. The van der Waals surface area contributed by atoms with Crippen molar-refractivity contribution >= 4 is 21.8 Å². The molecule has 2 heterocycles. The van der Waals surface area contributed by atoms with Crippen molar-refractivity contribution < 1.29 is 0 Å². The van der Waals surface area contributed by atoms with Gasteiger partial charge in [-0.1, -0.05) is 68.4 Å². The molecule has 2 heteroatoms. The number of nitrogens with one attached hydrogen (secondary N) is 2. The van der Waals surface area contributed by atoms with E-state index in [-0.39, 0.29) is 5.92 Å². The van der Waals surface area contributed by atoms with Gasteiger partial charge in [0.1, 0.15) is 0 Å². The van der Waals surface area contributed by atoms with Gasteiger partial charge in [0, 0.05) is 22.4 Å². The average Bonchev–Trinajstić information content (AvgIpc) is 3.33. The maximum Gasteiger partial charge on any atom is 0.0644 e. The van der Waals surface area contributed by atoms with E-state index in [0.717, 1.165) is 0 Å². The Kier molecular flexibility index (Phi) is 4.28. The largest absolute Gasteiger partial charge is 0.358 e. The lowest BCUT2D eigenvalue weighted by Gasteiger charge is -2.20. The van der Waals surface area contributed by atoms with Crippen LogP contribution in [0.5, 0.6) is 0 Å². The molecular formula is C27H26N2. The highest BCUT2D eigenvalue weighted by Crippen LogP contribution is 2.37. The number of aromatic nitrogens is 2. The van der Waals surface area contributed by atoms with Crippen LogP contribution in [0.1, 0.15) is 53.8 Å². The Morgan fingerprint density at radius 1 is 0.655 bits per heavy atom. The predicted molar refractivity (Wildman–Crippen MR) is 123 cm³/mol. The van der Waals surface area contributed by atoms with Crippen LogP contribution in [-0.4, -0.2) is 9.97 Å². The molecule has 0 aliphatic rings. The molecule has 0 spiro atoms. The van der Waals surface area contributed by atoms with Crippen molar-refractivity contribution in [2.45, 2.75) is 32.6 Å². The number of benzene rings is 3. The van der Waals surface area contributed by atoms with Gasteiger partial charge < -0.3 is 9.97 Å². The quantitative estimate of drug-likeness (QED) is 0.330. The molecule has 5 rings (SSSR count). The van der Waals surface area contributed by atoms with Crippen molar-refractivity contribution in [1.29, 1.82) is 0 Å². The third kappa shape index (κ3) is 3.15. The predicted octanol–water partition coefficient (Wildman–Crippen LogP) is 7.26. The van der Waals surface area contributed by atoms with Crippen LogP contribution in [0.3, 0.4) is 0 Å². The first-order valence-corrected chi connectivity index (χ1v) is 10.4. The topological polar surface area (TPSA) is 31.6 Å². The second-order valence-electron chi connectivity index (χ2n) is 8.33. The first-order valence-electron chi connectivity index (χ1n) is 10.4. The third-order valence-corrected chi connectivity index (χ3v) is 6.00. The number of hydrogen-bond acceptors (Lipinski definition) is 0. The Hall–Kier alpha value is -3.26. The Balaban J connectivity index is 1.76. The summed E-state index contributed by atoms with van der Waals surface area (Å²) in [6.45, 7) is 6.74. The van der Waals surface area contributed by atoms with Crippen LogP contribution in [0.4, 0.5) is 0 Å². The van der Waals surface area contributed by atoms with Gasteiger partial charge in [-0.25, -0.2) is 0 Å². The minimum Gasteiger partial charge on any atom is -0.358 e. The number of hydrogen-bond donors (Lipinski definition) is 2. The summed E-state index contributed by atoms with van der Waals surface area (Å²) in [7, 11) is 0. The molecule has 2 N–H and O–H groups in total. The van der Waals surface area contributed by atoms with Gasteiger partial charge in [0.15, 0.2) is 0 Å². The van der Waals surface area contributed by atoms with Gasteiger partial charge in [-0.15, -0.1) is 0 Å². The van der Waals surface area contributed by atoms with E-state index in [1.54, 1.807) is 0 Å². The van der Waals surface area contributed by atoms with Gasteiger partial charge in [-0.3, -0.25) is 0 Å². The molecule has 3 aromatic carbocycles. The van der Waals surface area contributed by atoms with Crippen LogP contribution in [0, 0.1) is 6.92 Å². The van der Waals surface area contributed by atoms with Crippen molar-refractivity contribution in [2.24, 2.45) is 0 Å². The lowest BCUT2D eigenvalue weighted by atomic mass is 9.86. The van der Waals surface area contributed by atoms with E-state index >= 15 is 0 Å². The first-order chi connectivity index (χ1) is 14.1. The SMILES string of the molecule is Cc1ccc(C(C)C)cc1C(c1cc2ccccc2[nH]1)c1cc2ccccc2[nH]1. The zero-order chi connectivity index (χ0) is 20.0. The van der Waals surface area contributed by atoms with Crippen molar-refractivity contribution in [2.75, 3.05) is 0 Å². The zero-order valence-electron chi connectivity index (χ0n) is 17.2. The fourth-order valence-electron chi connectivity index (χ4n) is 4.33. The summed E-state index contributed by atoms with van der Waals surface area (Å²) in [5, 5.41) is 2.50. The monoisotopic (exact) mass is 378 g/mol. The molecule has 2 aromatic heterocycles. The molecule has 0 bridgehead atoms. The van der Waals surface area contributed by atoms with E-state index in [2.05, 4.69) is 110 Å². The van der Waals surface area contributed by atoms with Gasteiger partial charge in [-0.2, -0.15) is 0 Å². The second kappa shape index (κ2) is 6.97. The smallest absolute Gasteiger partial charge is 0.0644 e. The highest BCUT2D eigenvalue weighted by Gasteiger charge is 2.23. The van der Waals surface area contributed by atoms with E-state index in [9.17, 15) is 0 Å². The molecule has 0 radical (unpaired) electrons. The number of aromatic amines is 2. The van der Waals surface area contributed by atoms with E-state index in [1.165, 1.54) is 49.9 Å². The maximum atomic E-state index is 3.69. The number of rotatable bonds is 4. The summed E-state index contributed by atoms with van der Waals surface area (Å²) in [4.78, 5) is 7.39. The van der Waals surface area contributed by atoms with Crippen LogP contribution in [-0.2, 0) is 0 Å². The molecule has 29 heavy (non-hydrogen) atoms. The van der Waals surface area contributed by atoms with Gasteiger partial charge in [0.25, 0.3) is 0 Å². The number of para-hydroxylation sites is 2. The van der Waals surface area contributed by atoms with E-state index in [0.29, 0.717) is 5.92 Å². The van der Waals surface area contributed by atoms with Crippen molar-refractivity contribution in [3.63, 3.8) is 0 Å². The van der Waals surface area contributed by atoms with Crippen molar-refractivity contribution in [3.8, 4) is 0 Å². The molecule has 144 valence electrons. The average molecular weight is 379 g/mol. The van der Waals surface area contributed by atoms with Gasteiger partial charge >= 0.3 is 0 Å². The van der Waals surface area contributed by atoms with E-state index in [4.69, 9.17) is 0 Å². The first kappa shape index (κ1) is 17.8. The minimum absolute atomic E-state index is 0.133. The molecule has 0 fully saturated rings. The molecule has 0 aliphatic carbocycles. The fraction of sp³-hybridized carbons (Fsp3) is 0.185. The fourth-order valence-corrected chi connectivity index (χ4v) is 4.33. The van der Waals surface area contributed by atoms with E-state index in [1.807, 2.05) is 0 Å². The zero-order valence-corrected chi connectivity index (χ0v) is 17.2. The third-order valence-electron chi connectivity index (χ3n) is 6.00. The van der Waals surface area contributed by atoms with Gasteiger partial charge in [0.05, 0.1) is 5.92 Å². The normalized spacial score (nSPS) is 11.9. The summed E-state index contributed by atoms with van der Waals surface area (Å²) in [5.41, 5.74) is 8.86. The molecule has 0 saturated heterocycles. The minimum atomic E-state index is 0.133. The molecular weight excluding hydrogens is 352 g/mol. The van der Waals surface area contributed by atoms with E-state index < -0.39 is 0 Å². The highest BCUT2D eigenvalue weighted by atomic mass is 14.8. The summed E-state index contributed by atoms with van der Waals surface area (Å²) in [5.74, 6) is 0.633. The van der Waals surface area contributed by atoms with Crippen LogP contribution in [0.2, 0.25) is 0 Å². The Labute approximate surface area is 171 Å². The number of fused-ring (bicyclic) bond motifs is 2. The summed E-state index contributed by atoms with van der Waals surface area (Å²) < 4.78 is 0. The number of aryl methyl sites for hydroxylation is 1. The second-order valence-corrected chi connectivity index (χ2v) is 8.33. The van der Waals surface area contributed by atoms with Gasteiger partial charge in [-0.05, 0) is 64.6 Å². The van der Waals surface area contributed by atoms with Crippen molar-refractivity contribution in [3.05, 3.63) is 107 Å². The van der Waals surface area contributed by atoms with Crippen molar-refractivity contribution in [1.82, 2.24) is 9.97 Å². The summed E-state index contributed by atoms with van der Waals surface area (Å²) in [6, 6.07) is 28.5. The van der Waals surface area contributed by atoms with Crippen LogP contribution in [0.25, 0.3) is 21.8 Å². The van der Waals surface area contributed by atoms with Crippen LogP contribution in [0.15, 0.2) is 78.9 Å². The highest BCUT2D eigenvalue weighted by molar-refractivity contribution is 5.83. The maximum absolute atomic E-state index is 3.69. The molecule has 0 unspecified atom stereocenters. The molecule has 5 aromatic rings. The summed E-state index contributed by atoms with van der Waals surface area (Å²) >= 11 is 0. The Bertz CT molecular complexity index is 1160. The Morgan fingerprint density at radius 3 is 1.72 bits per heavy atom. The molecule has 0 aliphatic heterocycles. The van der Waals surface area contributed by atoms with Gasteiger partial charge in [0.2, 0.25) is 0 Å². The standard InChI is InChI=1S/C27H26N2/c1-17(2)19-13-12-18(3)22(14-19)27(25-15-20-8-4-6-10-23(20)28-25)26-16-21-9-5-7-11-24(21)29-26/h4-17,27-29H,1-3H3. The lowest BCUT2D eigenvalue weighted by molar-refractivity contribution is 0.845. The number of H-pyrrole nitrogens is 2. The molecule has 0 atom stereocenters. The van der Waals surface area contributed by atoms with Crippen LogP contribution < -0.4 is 0 Å². The molecule has 2 nitrogen and oxygen atoms in total. The van der Waals surface area contributed by atoms with Crippen LogP contribution >= 0.6 is 0 Å². The molecule has 0 amide bonds. The Morgan fingerprint density at radius 2 is 1.21 bits per heavy atom. The molecule has 0 saturated carbocycles. The summed E-state index contributed by atoms with van der Waals surface area (Å²) in [6.07, 6.45) is 0.